The molecule has 0 bridgehead atoms. The number of hydrogen-bond acceptors (Lipinski definition) is 3. The molecular formula is C14H18FNO3. The van der Waals surface area contributed by atoms with E-state index in [-0.39, 0.29) is 5.82 Å². The molecule has 4 nitrogen and oxygen atoms in total. The molecule has 1 fully saturated rings. The normalized spacial score (nSPS) is 22.1. The number of rotatable bonds is 4. The van der Waals surface area contributed by atoms with Crippen molar-refractivity contribution in [1.82, 2.24) is 4.90 Å². The molecule has 0 saturated carbocycles. The highest BCUT2D eigenvalue weighted by Gasteiger charge is 2.31. The molecule has 1 saturated heterocycles. The van der Waals surface area contributed by atoms with E-state index in [2.05, 4.69) is 0 Å². The van der Waals surface area contributed by atoms with Crippen molar-refractivity contribution < 1.29 is 19.0 Å². The van der Waals surface area contributed by atoms with Gasteiger partial charge in [0.25, 0.3) is 0 Å². The summed E-state index contributed by atoms with van der Waals surface area (Å²) in [5, 5.41) is 9.18. The zero-order valence-electron chi connectivity index (χ0n) is 10.9. The third kappa shape index (κ3) is 3.11. The summed E-state index contributed by atoms with van der Waals surface area (Å²) >= 11 is 0. The van der Waals surface area contributed by atoms with Gasteiger partial charge in [-0.3, -0.25) is 9.69 Å². The highest BCUT2D eigenvalue weighted by atomic mass is 19.1. The van der Waals surface area contributed by atoms with E-state index in [1.54, 1.807) is 18.2 Å². The van der Waals surface area contributed by atoms with Crippen molar-refractivity contribution >= 4 is 5.97 Å². The maximum absolute atomic E-state index is 13.7. The van der Waals surface area contributed by atoms with Gasteiger partial charge in [-0.05, 0) is 12.5 Å². The zero-order chi connectivity index (χ0) is 13.8. The number of hydrogen-bond donors (Lipinski definition) is 1. The van der Waals surface area contributed by atoms with E-state index < -0.39 is 18.1 Å². The molecule has 0 aliphatic carbocycles. The van der Waals surface area contributed by atoms with E-state index in [0.717, 1.165) is 0 Å². The fourth-order valence-corrected chi connectivity index (χ4v) is 2.47. The summed E-state index contributed by atoms with van der Waals surface area (Å²) in [6.45, 7) is 3.23. The third-order valence-corrected chi connectivity index (χ3v) is 3.46. The van der Waals surface area contributed by atoms with Gasteiger partial charge in [0, 0.05) is 18.7 Å². The number of carboxylic acid groups (broad SMARTS) is 1. The number of morpholine rings is 1. The SMILES string of the molecule is CC[C@@H](C(=O)O)N1CCO[C@@H](c2ccccc2F)C1. The highest BCUT2D eigenvalue weighted by Crippen LogP contribution is 2.26. The van der Waals surface area contributed by atoms with Crippen LogP contribution in [0, 0.1) is 5.82 Å². The first-order valence-corrected chi connectivity index (χ1v) is 6.46. The maximum atomic E-state index is 13.7. The topological polar surface area (TPSA) is 49.8 Å². The number of ether oxygens (including phenoxy) is 1. The fourth-order valence-electron chi connectivity index (χ4n) is 2.47. The second kappa shape index (κ2) is 6.12. The second-order valence-corrected chi connectivity index (χ2v) is 4.64. The average molecular weight is 267 g/mol. The molecule has 2 atom stereocenters. The first kappa shape index (κ1) is 14.0. The van der Waals surface area contributed by atoms with Crippen molar-refractivity contribution in [3.05, 3.63) is 35.6 Å². The van der Waals surface area contributed by atoms with Crippen molar-refractivity contribution in [3.63, 3.8) is 0 Å². The van der Waals surface area contributed by atoms with Crippen LogP contribution in [-0.2, 0) is 9.53 Å². The number of benzene rings is 1. The molecule has 0 unspecified atom stereocenters. The minimum atomic E-state index is -0.836. The lowest BCUT2D eigenvalue weighted by molar-refractivity contribution is -0.147. The van der Waals surface area contributed by atoms with E-state index >= 15 is 0 Å². The van der Waals surface area contributed by atoms with Gasteiger partial charge in [0.2, 0.25) is 0 Å². The van der Waals surface area contributed by atoms with Crippen molar-refractivity contribution in [2.24, 2.45) is 0 Å². The Labute approximate surface area is 111 Å². The predicted molar refractivity (Wildman–Crippen MR) is 68.4 cm³/mol. The van der Waals surface area contributed by atoms with E-state index in [0.29, 0.717) is 31.7 Å². The van der Waals surface area contributed by atoms with Gasteiger partial charge >= 0.3 is 5.97 Å². The minimum Gasteiger partial charge on any atom is -0.480 e. The molecule has 0 aromatic heterocycles. The Balaban J connectivity index is 2.13. The average Bonchev–Trinajstić information content (AvgIpc) is 2.40. The summed E-state index contributed by atoms with van der Waals surface area (Å²) in [5.74, 6) is -1.14. The smallest absolute Gasteiger partial charge is 0.320 e. The van der Waals surface area contributed by atoms with Crippen LogP contribution in [0.15, 0.2) is 24.3 Å². The van der Waals surface area contributed by atoms with Crippen molar-refractivity contribution in [2.75, 3.05) is 19.7 Å². The van der Waals surface area contributed by atoms with Crippen LogP contribution in [0.2, 0.25) is 0 Å². The molecule has 1 aromatic rings. The van der Waals surface area contributed by atoms with Crippen molar-refractivity contribution in [3.8, 4) is 0 Å². The van der Waals surface area contributed by atoms with Gasteiger partial charge in [-0.25, -0.2) is 4.39 Å². The van der Waals surface area contributed by atoms with Gasteiger partial charge < -0.3 is 9.84 Å². The quantitative estimate of drug-likeness (QED) is 0.907. The summed E-state index contributed by atoms with van der Waals surface area (Å²) < 4.78 is 19.3. The summed E-state index contributed by atoms with van der Waals surface area (Å²) in [4.78, 5) is 13.0. The number of carboxylic acids is 1. The molecule has 5 heteroatoms. The molecule has 104 valence electrons. The number of nitrogens with zero attached hydrogens (tertiary/aromatic N) is 1. The molecular weight excluding hydrogens is 249 g/mol. The zero-order valence-corrected chi connectivity index (χ0v) is 10.9. The molecule has 1 aromatic carbocycles. The van der Waals surface area contributed by atoms with Crippen LogP contribution >= 0.6 is 0 Å². The first-order chi connectivity index (χ1) is 9.13. The van der Waals surface area contributed by atoms with Gasteiger partial charge in [-0.1, -0.05) is 25.1 Å². The molecule has 1 aliphatic heterocycles. The molecule has 1 N–H and O–H groups in total. The van der Waals surface area contributed by atoms with Crippen LogP contribution in [0.5, 0.6) is 0 Å². The second-order valence-electron chi connectivity index (χ2n) is 4.64. The summed E-state index contributed by atoms with van der Waals surface area (Å²) in [5.41, 5.74) is 0.493. The van der Waals surface area contributed by atoms with Crippen LogP contribution in [0.25, 0.3) is 0 Å². The van der Waals surface area contributed by atoms with Crippen LogP contribution in [0.1, 0.15) is 25.0 Å². The van der Waals surface area contributed by atoms with Gasteiger partial charge in [-0.15, -0.1) is 0 Å². The lowest BCUT2D eigenvalue weighted by Crippen LogP contribution is -2.48. The Bertz CT molecular complexity index is 452. The molecule has 0 radical (unpaired) electrons. The first-order valence-electron chi connectivity index (χ1n) is 6.46. The summed E-state index contributed by atoms with van der Waals surface area (Å²) in [6, 6.07) is 5.94. The lowest BCUT2D eigenvalue weighted by Gasteiger charge is -2.36. The predicted octanol–water partition coefficient (Wildman–Crippen LogP) is 2.06. The lowest BCUT2D eigenvalue weighted by atomic mass is 10.1. The Morgan fingerprint density at radius 1 is 1.58 bits per heavy atom. The summed E-state index contributed by atoms with van der Waals surface area (Å²) in [7, 11) is 0. The molecule has 19 heavy (non-hydrogen) atoms. The van der Waals surface area contributed by atoms with Crippen LogP contribution in [-0.4, -0.2) is 41.7 Å². The molecule has 1 aliphatic rings. The molecule has 0 spiro atoms. The van der Waals surface area contributed by atoms with Gasteiger partial charge in [-0.2, -0.15) is 0 Å². The van der Waals surface area contributed by atoms with Gasteiger partial charge in [0.1, 0.15) is 11.9 Å². The number of aliphatic carboxylic acids is 1. The molecule has 0 amide bonds. The maximum Gasteiger partial charge on any atom is 0.320 e. The Morgan fingerprint density at radius 3 is 2.95 bits per heavy atom. The highest BCUT2D eigenvalue weighted by molar-refractivity contribution is 5.73. The van der Waals surface area contributed by atoms with E-state index in [9.17, 15) is 14.3 Å². The number of carbonyl (C=O) groups is 1. The monoisotopic (exact) mass is 267 g/mol. The van der Waals surface area contributed by atoms with Crippen LogP contribution in [0.4, 0.5) is 4.39 Å². The largest absolute Gasteiger partial charge is 0.480 e. The molecule has 1 heterocycles. The third-order valence-electron chi connectivity index (χ3n) is 3.46. The van der Waals surface area contributed by atoms with Crippen LogP contribution < -0.4 is 0 Å². The Morgan fingerprint density at radius 2 is 2.32 bits per heavy atom. The van der Waals surface area contributed by atoms with Crippen LogP contribution in [0.3, 0.4) is 0 Å². The summed E-state index contributed by atoms with van der Waals surface area (Å²) in [6.07, 6.45) is 0.127. The Hall–Kier alpha value is -1.46. The fraction of sp³-hybridized carbons (Fsp3) is 0.500. The van der Waals surface area contributed by atoms with E-state index in [1.807, 2.05) is 11.8 Å². The standard InChI is InChI=1S/C14H18FNO3/c1-2-12(14(17)18)16-7-8-19-13(9-16)10-5-3-4-6-11(10)15/h3-6,12-13H,2,7-9H2,1H3,(H,17,18)/t12-,13+/m0/s1. The number of halogens is 1. The van der Waals surface area contributed by atoms with Gasteiger partial charge in [0.15, 0.2) is 0 Å². The van der Waals surface area contributed by atoms with Crippen molar-refractivity contribution in [1.29, 1.82) is 0 Å². The van der Waals surface area contributed by atoms with E-state index in [1.165, 1.54) is 6.07 Å². The minimum absolute atomic E-state index is 0.308. The van der Waals surface area contributed by atoms with E-state index in [4.69, 9.17) is 4.74 Å². The van der Waals surface area contributed by atoms with Crippen molar-refractivity contribution in [2.45, 2.75) is 25.5 Å². The Kier molecular flexibility index (Phi) is 4.50. The van der Waals surface area contributed by atoms with Gasteiger partial charge in [0.05, 0.1) is 12.7 Å². The molecule has 2 rings (SSSR count).